The lowest BCUT2D eigenvalue weighted by Gasteiger charge is -2.44. The van der Waals surface area contributed by atoms with Crippen LogP contribution in [0.15, 0.2) is 36.7 Å². The van der Waals surface area contributed by atoms with Crippen molar-refractivity contribution >= 4 is 41.0 Å². The summed E-state index contributed by atoms with van der Waals surface area (Å²) in [4.78, 5) is 45.7. The molecule has 2 aromatic heterocycles. The van der Waals surface area contributed by atoms with E-state index >= 15 is 0 Å². The molecule has 2 aliphatic rings. The van der Waals surface area contributed by atoms with Crippen LogP contribution in [0.3, 0.4) is 0 Å². The second-order valence-electron chi connectivity index (χ2n) is 10.8. The zero-order valence-electron chi connectivity index (χ0n) is 24.7. The summed E-state index contributed by atoms with van der Waals surface area (Å²) in [6, 6.07) is 9.99. The summed E-state index contributed by atoms with van der Waals surface area (Å²) in [7, 11) is 0. The number of piperazine rings is 2. The Morgan fingerprint density at radius 1 is 0.976 bits per heavy atom. The molecule has 14 nitrogen and oxygen atoms in total. The molecular weight excluding hydrogens is 536 g/mol. The van der Waals surface area contributed by atoms with Crippen molar-refractivity contribution in [3.8, 4) is 5.82 Å². The molecule has 4 heterocycles. The Morgan fingerprint density at radius 3 is 2.29 bits per heavy atom. The molecule has 1 aromatic carbocycles. The highest BCUT2D eigenvalue weighted by Crippen LogP contribution is 2.25. The number of rotatable bonds is 7. The Bertz CT molecular complexity index is 1370. The first kappa shape index (κ1) is 28.9. The van der Waals surface area contributed by atoms with Crippen molar-refractivity contribution in [3.63, 3.8) is 0 Å². The molecule has 224 valence electrons. The third-order valence-corrected chi connectivity index (χ3v) is 7.68. The molecule has 42 heavy (non-hydrogen) atoms. The van der Waals surface area contributed by atoms with E-state index in [1.807, 2.05) is 60.9 Å². The zero-order chi connectivity index (χ0) is 29.8. The molecule has 2 fully saturated rings. The first-order valence-electron chi connectivity index (χ1n) is 14.5. The minimum Gasteiger partial charge on any atom is -0.368 e. The molecule has 14 heteroatoms. The Morgan fingerprint density at radius 2 is 1.64 bits per heavy atom. The summed E-state index contributed by atoms with van der Waals surface area (Å²) >= 11 is 0. The Balaban J connectivity index is 1.21. The third kappa shape index (κ3) is 6.31. The lowest BCUT2D eigenvalue weighted by Crippen LogP contribution is -2.58. The van der Waals surface area contributed by atoms with Gasteiger partial charge in [-0.25, -0.2) is 14.8 Å². The highest BCUT2D eigenvalue weighted by molar-refractivity contribution is 5.75. The lowest BCUT2D eigenvalue weighted by atomic mass is 10.1. The van der Waals surface area contributed by atoms with E-state index in [1.165, 1.54) is 11.0 Å². The van der Waals surface area contributed by atoms with Crippen molar-refractivity contribution in [1.82, 2.24) is 39.8 Å². The summed E-state index contributed by atoms with van der Waals surface area (Å²) in [5.74, 6) is 1.87. The van der Waals surface area contributed by atoms with E-state index in [1.54, 1.807) is 6.92 Å². The summed E-state index contributed by atoms with van der Waals surface area (Å²) in [5, 5.41) is 10.7. The van der Waals surface area contributed by atoms with Crippen LogP contribution < -0.4 is 26.2 Å². The normalized spacial score (nSPS) is 19.1. The molecule has 0 aliphatic carbocycles. The molecule has 2 saturated heterocycles. The van der Waals surface area contributed by atoms with Crippen LogP contribution in [0.1, 0.15) is 34.1 Å². The van der Waals surface area contributed by atoms with Gasteiger partial charge in [-0.05, 0) is 44.5 Å². The van der Waals surface area contributed by atoms with Gasteiger partial charge in [0.05, 0.1) is 0 Å². The highest BCUT2D eigenvalue weighted by atomic mass is 16.2. The van der Waals surface area contributed by atoms with Crippen LogP contribution in [0.5, 0.6) is 0 Å². The maximum absolute atomic E-state index is 12.2. The van der Waals surface area contributed by atoms with Crippen LogP contribution in [0.2, 0.25) is 0 Å². The average Bonchev–Trinajstić information content (AvgIpc) is 3.35. The van der Waals surface area contributed by atoms with Crippen molar-refractivity contribution in [2.24, 2.45) is 0 Å². The van der Waals surface area contributed by atoms with Crippen LogP contribution in [0, 0.1) is 0 Å². The van der Waals surface area contributed by atoms with Gasteiger partial charge >= 0.3 is 6.03 Å². The number of benzene rings is 1. The molecule has 3 amide bonds. The second-order valence-corrected chi connectivity index (χ2v) is 10.8. The predicted molar refractivity (Wildman–Crippen MR) is 162 cm³/mol. The van der Waals surface area contributed by atoms with Crippen molar-refractivity contribution in [2.45, 2.75) is 46.2 Å². The van der Waals surface area contributed by atoms with Crippen LogP contribution in [0.4, 0.5) is 33.9 Å². The summed E-state index contributed by atoms with van der Waals surface area (Å²) in [6.45, 7) is 12.7. The van der Waals surface area contributed by atoms with Gasteiger partial charge in [-0.1, -0.05) is 6.92 Å². The predicted octanol–water partition coefficient (Wildman–Crippen LogP) is 2.07. The lowest BCUT2D eigenvalue weighted by molar-refractivity contribution is -0.133. The minimum absolute atomic E-state index is 0.0112. The molecule has 0 spiro atoms. The number of carbonyl (C=O) groups excluding carboxylic acids is 2. The van der Waals surface area contributed by atoms with Gasteiger partial charge in [0.15, 0.2) is 5.82 Å². The standard InChI is InChI=1S/C28H40N12O2/c1-5-10-30-28(42)37-13-11-36(12-14-37)23-8-6-22(7-9-23)33-27-34-26(29)40(35-27)25-15-24(31-18-32-25)38-16-19(2)39(21(4)41)20(3)17-38/h6-9,15,18-20H,5,10-14,16-17H2,1-4H3,(H,30,42)(H3,29,33,34,35)/t19-,20+. The largest absolute Gasteiger partial charge is 0.368 e. The molecular formula is C28H40N12O2. The number of aromatic nitrogens is 5. The summed E-state index contributed by atoms with van der Waals surface area (Å²) in [6.07, 6.45) is 2.42. The molecule has 0 radical (unpaired) electrons. The van der Waals surface area contributed by atoms with Gasteiger partial charge in [0.2, 0.25) is 17.8 Å². The SMILES string of the molecule is CCCNC(=O)N1CCN(c2ccc(Nc3nc(N)n(-c4cc(N5C[C@@H](C)N(C(C)=O)[C@@H](C)C5)ncn4)n3)cc2)CC1. The molecule has 0 saturated carbocycles. The molecule has 5 rings (SSSR count). The fourth-order valence-corrected chi connectivity index (χ4v) is 5.70. The van der Waals surface area contributed by atoms with E-state index in [0.29, 0.717) is 44.5 Å². The fraction of sp³-hybridized carbons (Fsp3) is 0.500. The molecule has 4 N–H and O–H groups in total. The summed E-state index contributed by atoms with van der Waals surface area (Å²) in [5.41, 5.74) is 8.14. The maximum Gasteiger partial charge on any atom is 0.317 e. The molecule has 3 aromatic rings. The zero-order valence-corrected chi connectivity index (χ0v) is 24.7. The smallest absolute Gasteiger partial charge is 0.317 e. The Hall–Kier alpha value is -4.62. The number of urea groups is 1. The second kappa shape index (κ2) is 12.5. The Kier molecular flexibility index (Phi) is 8.59. The maximum atomic E-state index is 12.2. The number of amides is 3. The summed E-state index contributed by atoms with van der Waals surface area (Å²) < 4.78 is 1.48. The van der Waals surface area contributed by atoms with Crippen molar-refractivity contribution in [1.29, 1.82) is 0 Å². The first-order valence-corrected chi connectivity index (χ1v) is 14.5. The van der Waals surface area contributed by atoms with Crippen LogP contribution >= 0.6 is 0 Å². The number of nitrogen functional groups attached to an aromatic ring is 1. The van der Waals surface area contributed by atoms with Gasteiger partial charge < -0.3 is 36.0 Å². The van der Waals surface area contributed by atoms with Gasteiger partial charge in [-0.15, -0.1) is 5.10 Å². The van der Waals surface area contributed by atoms with Crippen molar-refractivity contribution < 1.29 is 9.59 Å². The third-order valence-electron chi connectivity index (χ3n) is 7.68. The monoisotopic (exact) mass is 576 g/mol. The van der Waals surface area contributed by atoms with E-state index in [2.05, 4.69) is 40.5 Å². The van der Waals surface area contributed by atoms with Gasteiger partial charge in [0, 0.05) is 82.3 Å². The van der Waals surface area contributed by atoms with Gasteiger partial charge in [-0.3, -0.25) is 4.79 Å². The van der Waals surface area contributed by atoms with Gasteiger partial charge in [0.1, 0.15) is 12.1 Å². The van der Waals surface area contributed by atoms with E-state index in [-0.39, 0.29) is 30.0 Å². The van der Waals surface area contributed by atoms with Crippen molar-refractivity contribution in [3.05, 3.63) is 36.7 Å². The quantitative estimate of drug-likeness (QED) is 0.381. The number of hydrogen-bond acceptors (Lipinski definition) is 10. The van der Waals surface area contributed by atoms with E-state index in [4.69, 9.17) is 5.73 Å². The number of nitrogens with one attached hydrogen (secondary N) is 2. The van der Waals surface area contributed by atoms with E-state index in [0.717, 1.165) is 36.7 Å². The average molecular weight is 577 g/mol. The first-order chi connectivity index (χ1) is 20.2. The fourth-order valence-electron chi connectivity index (χ4n) is 5.70. The number of hydrogen-bond donors (Lipinski definition) is 3. The molecule has 2 aliphatic heterocycles. The molecule has 0 unspecified atom stereocenters. The minimum atomic E-state index is 0.0112. The molecule has 0 bridgehead atoms. The topological polar surface area (TPSA) is 154 Å². The number of nitrogens with zero attached hydrogens (tertiary/aromatic N) is 9. The highest BCUT2D eigenvalue weighted by Gasteiger charge is 2.32. The van der Waals surface area contributed by atoms with E-state index < -0.39 is 0 Å². The Labute approximate surface area is 245 Å². The van der Waals surface area contributed by atoms with Gasteiger partial charge in [-0.2, -0.15) is 9.67 Å². The number of anilines is 5. The van der Waals surface area contributed by atoms with Crippen molar-refractivity contribution in [2.75, 3.05) is 66.7 Å². The van der Waals surface area contributed by atoms with Crippen LogP contribution in [-0.4, -0.2) is 104 Å². The van der Waals surface area contributed by atoms with Crippen LogP contribution in [-0.2, 0) is 4.79 Å². The number of carbonyl (C=O) groups is 2. The van der Waals surface area contributed by atoms with Gasteiger partial charge in [0.25, 0.3) is 0 Å². The number of nitrogens with two attached hydrogens (primary N) is 1. The molecule has 2 atom stereocenters. The van der Waals surface area contributed by atoms with E-state index in [9.17, 15) is 9.59 Å². The van der Waals surface area contributed by atoms with Crippen LogP contribution in [0.25, 0.3) is 5.82 Å².